The van der Waals surface area contributed by atoms with E-state index in [1.807, 2.05) is 0 Å². The predicted octanol–water partition coefficient (Wildman–Crippen LogP) is 6.70. The molecule has 210 valence electrons. The number of carbonyl (C=O) groups excluding carboxylic acids is 1. The van der Waals surface area contributed by atoms with Gasteiger partial charge in [0.25, 0.3) is 0 Å². The molecule has 1 aromatic carbocycles. The van der Waals surface area contributed by atoms with Gasteiger partial charge < -0.3 is 5.32 Å². The van der Waals surface area contributed by atoms with Crippen LogP contribution in [0, 0.1) is 11.3 Å². The standard InChI is InChI=1S/C17H7F17N2O/c18-10(19,9(37)36-8-3-1-7(2-4-8)5-6-35)11(20,21)12(22,23)13(24,25)14(26,27)15(28,29)16(30,31)17(32,33)34/h1-4H,5H2,(H,36,37). The van der Waals surface area contributed by atoms with Gasteiger partial charge in [-0.05, 0) is 17.7 Å². The molecule has 0 heterocycles. The molecule has 0 spiro atoms. The number of nitrogens with zero attached hydrogens (tertiary/aromatic N) is 1. The van der Waals surface area contributed by atoms with E-state index in [4.69, 9.17) is 5.26 Å². The highest BCUT2D eigenvalue weighted by atomic mass is 19.4. The highest BCUT2D eigenvalue weighted by molar-refractivity contribution is 5.97. The van der Waals surface area contributed by atoms with Gasteiger partial charge in [-0.2, -0.15) is 79.9 Å². The molecular weight excluding hydrogens is 571 g/mol. The smallest absolute Gasteiger partial charge is 0.321 e. The van der Waals surface area contributed by atoms with Crippen LogP contribution in [0.1, 0.15) is 5.56 Å². The van der Waals surface area contributed by atoms with Gasteiger partial charge in [-0.3, -0.25) is 4.79 Å². The first kappa shape index (κ1) is 32.0. The van der Waals surface area contributed by atoms with Crippen LogP contribution in [0.5, 0.6) is 0 Å². The van der Waals surface area contributed by atoms with Gasteiger partial charge >= 0.3 is 53.5 Å². The molecule has 0 aliphatic heterocycles. The summed E-state index contributed by atoms with van der Waals surface area (Å²) in [6.45, 7) is 0. The van der Waals surface area contributed by atoms with Crippen LogP contribution in [0.4, 0.5) is 80.3 Å². The second-order valence-corrected chi connectivity index (χ2v) is 7.00. The molecule has 0 aromatic heterocycles. The average molecular weight is 578 g/mol. The SMILES string of the molecule is N#CCc1ccc(NC(=O)C(F)(F)C(F)(F)C(F)(F)C(F)(F)C(F)(F)C(F)(F)C(F)(F)C(F)(F)F)cc1. The van der Waals surface area contributed by atoms with Crippen LogP contribution in [0.3, 0.4) is 0 Å². The lowest BCUT2D eigenvalue weighted by Gasteiger charge is -2.42. The summed E-state index contributed by atoms with van der Waals surface area (Å²) in [5.41, 5.74) is -0.874. The quantitative estimate of drug-likeness (QED) is 0.332. The second kappa shape index (κ2) is 9.08. The Bertz CT molecular complexity index is 1040. The number of halogens is 17. The fraction of sp³-hybridized carbons (Fsp3) is 0.529. The molecule has 0 saturated carbocycles. The largest absolute Gasteiger partial charge is 0.460 e. The van der Waals surface area contributed by atoms with E-state index in [-0.39, 0.29) is 12.0 Å². The van der Waals surface area contributed by atoms with Crippen LogP contribution >= 0.6 is 0 Å². The molecule has 0 atom stereocenters. The number of nitrogens with one attached hydrogen (secondary N) is 1. The van der Waals surface area contributed by atoms with Gasteiger partial charge in [-0.25, -0.2) is 0 Å². The topological polar surface area (TPSA) is 52.9 Å². The third-order valence-corrected chi connectivity index (χ3v) is 4.50. The summed E-state index contributed by atoms with van der Waals surface area (Å²) in [4.78, 5) is 11.4. The number of hydrogen-bond donors (Lipinski definition) is 1. The fourth-order valence-corrected chi connectivity index (χ4v) is 2.31. The van der Waals surface area contributed by atoms with Crippen molar-refractivity contribution in [3.63, 3.8) is 0 Å². The lowest BCUT2D eigenvalue weighted by molar-refractivity contribution is -0.459. The van der Waals surface area contributed by atoms with Crippen molar-refractivity contribution >= 4 is 11.6 Å². The van der Waals surface area contributed by atoms with Crippen LogP contribution in [0.2, 0.25) is 0 Å². The molecule has 0 aliphatic rings. The number of hydrogen-bond acceptors (Lipinski definition) is 2. The summed E-state index contributed by atoms with van der Waals surface area (Å²) in [7, 11) is 0. The number of nitriles is 1. The maximum absolute atomic E-state index is 13.8. The third-order valence-electron chi connectivity index (χ3n) is 4.50. The zero-order valence-corrected chi connectivity index (χ0v) is 16.8. The van der Waals surface area contributed by atoms with Gasteiger partial charge in [-0.15, -0.1) is 0 Å². The Morgan fingerprint density at radius 1 is 0.622 bits per heavy atom. The third kappa shape index (κ3) is 4.60. The van der Waals surface area contributed by atoms with Crippen molar-refractivity contribution in [2.75, 3.05) is 5.32 Å². The van der Waals surface area contributed by atoms with Crippen LogP contribution in [-0.4, -0.2) is 53.5 Å². The normalized spacial score (nSPS) is 14.8. The molecular formula is C17H7F17N2O. The van der Waals surface area contributed by atoms with E-state index >= 15 is 0 Å². The molecule has 37 heavy (non-hydrogen) atoms. The van der Waals surface area contributed by atoms with E-state index in [0.717, 1.165) is 17.4 Å². The Balaban J connectivity index is 3.51. The zero-order valence-electron chi connectivity index (χ0n) is 16.8. The lowest BCUT2D eigenvalue weighted by atomic mass is 9.89. The molecule has 0 radical (unpaired) electrons. The maximum atomic E-state index is 13.8. The molecule has 0 fully saturated rings. The number of carbonyl (C=O) groups is 1. The Hall–Kier alpha value is -3.01. The maximum Gasteiger partial charge on any atom is 0.460 e. The van der Waals surface area contributed by atoms with Gasteiger partial charge in [-0.1, -0.05) is 12.1 Å². The van der Waals surface area contributed by atoms with Crippen molar-refractivity contribution in [3.05, 3.63) is 29.8 Å². The first-order chi connectivity index (χ1) is 16.2. The molecule has 0 unspecified atom stereocenters. The Morgan fingerprint density at radius 2 is 0.973 bits per heavy atom. The number of benzene rings is 1. The van der Waals surface area contributed by atoms with Crippen molar-refractivity contribution in [1.82, 2.24) is 0 Å². The van der Waals surface area contributed by atoms with E-state index in [1.165, 1.54) is 0 Å². The van der Waals surface area contributed by atoms with E-state index in [2.05, 4.69) is 0 Å². The van der Waals surface area contributed by atoms with E-state index in [0.29, 0.717) is 12.1 Å². The monoisotopic (exact) mass is 578 g/mol. The number of alkyl halides is 17. The summed E-state index contributed by atoms with van der Waals surface area (Å²) in [6, 6.07) is 4.44. The molecule has 1 N–H and O–H groups in total. The number of amides is 1. The van der Waals surface area contributed by atoms with Gasteiger partial charge in [0.1, 0.15) is 0 Å². The lowest BCUT2D eigenvalue weighted by Crippen LogP contribution is -2.75. The summed E-state index contributed by atoms with van der Waals surface area (Å²) in [6.07, 6.45) is -8.18. The minimum Gasteiger partial charge on any atom is -0.321 e. The van der Waals surface area contributed by atoms with Crippen molar-refractivity contribution < 1.29 is 79.4 Å². The molecule has 1 rings (SSSR count). The minimum atomic E-state index is -8.77. The zero-order chi connectivity index (χ0) is 29.7. The first-order valence-electron chi connectivity index (χ1n) is 8.67. The van der Waals surface area contributed by atoms with Gasteiger partial charge in [0.2, 0.25) is 0 Å². The highest BCUT2D eigenvalue weighted by Gasteiger charge is 2.95. The Morgan fingerprint density at radius 3 is 1.32 bits per heavy atom. The summed E-state index contributed by atoms with van der Waals surface area (Å²) in [5.74, 6) is -61.9. The Labute approximate surface area is 192 Å². The molecule has 0 saturated heterocycles. The van der Waals surface area contributed by atoms with Crippen LogP contribution < -0.4 is 5.32 Å². The predicted molar refractivity (Wildman–Crippen MR) is 85.1 cm³/mol. The second-order valence-electron chi connectivity index (χ2n) is 7.00. The minimum absolute atomic E-state index is 0.0996. The van der Waals surface area contributed by atoms with Crippen molar-refractivity contribution in [2.45, 2.75) is 54.1 Å². The summed E-state index contributed by atoms with van der Waals surface area (Å²) >= 11 is 0. The van der Waals surface area contributed by atoms with Crippen molar-refractivity contribution in [2.24, 2.45) is 0 Å². The molecule has 0 aliphatic carbocycles. The van der Waals surface area contributed by atoms with E-state index < -0.39 is 59.2 Å². The highest BCUT2D eigenvalue weighted by Crippen LogP contribution is 2.64. The van der Waals surface area contributed by atoms with E-state index in [1.54, 1.807) is 6.07 Å². The van der Waals surface area contributed by atoms with Crippen LogP contribution in [0.15, 0.2) is 24.3 Å². The van der Waals surface area contributed by atoms with Gasteiger partial charge in [0.15, 0.2) is 0 Å². The number of anilines is 1. The van der Waals surface area contributed by atoms with Crippen LogP contribution in [0.25, 0.3) is 0 Å². The molecule has 1 amide bonds. The van der Waals surface area contributed by atoms with Crippen LogP contribution in [-0.2, 0) is 11.2 Å². The van der Waals surface area contributed by atoms with Gasteiger partial charge in [0.05, 0.1) is 12.5 Å². The molecule has 1 aromatic rings. The molecule has 0 bridgehead atoms. The summed E-state index contributed by atoms with van der Waals surface area (Å²) < 4.78 is 224. The van der Waals surface area contributed by atoms with Crippen molar-refractivity contribution in [3.8, 4) is 6.07 Å². The molecule has 20 heteroatoms. The number of rotatable bonds is 9. The fourth-order valence-electron chi connectivity index (χ4n) is 2.31. The molecule has 3 nitrogen and oxygen atoms in total. The summed E-state index contributed by atoms with van der Waals surface area (Å²) in [5, 5.41) is 9.19. The van der Waals surface area contributed by atoms with Crippen molar-refractivity contribution in [1.29, 1.82) is 5.26 Å². The van der Waals surface area contributed by atoms with E-state index in [9.17, 15) is 79.4 Å². The Kier molecular flexibility index (Phi) is 7.85. The first-order valence-corrected chi connectivity index (χ1v) is 8.67. The average Bonchev–Trinajstić information content (AvgIpc) is 2.73. The van der Waals surface area contributed by atoms with Gasteiger partial charge in [0, 0.05) is 5.69 Å².